The molecule has 2 fully saturated rings. The Labute approximate surface area is 97.7 Å². The zero-order chi connectivity index (χ0) is 11.6. The molecule has 0 amide bonds. The molecule has 5 heteroatoms. The van der Waals surface area contributed by atoms with Crippen molar-refractivity contribution in [1.82, 2.24) is 4.31 Å². The van der Waals surface area contributed by atoms with Crippen molar-refractivity contribution in [3.8, 4) is 0 Å². The number of aliphatic hydroxyl groups excluding tert-OH is 1. The molecule has 16 heavy (non-hydrogen) atoms. The molecule has 0 bridgehead atoms. The highest BCUT2D eigenvalue weighted by molar-refractivity contribution is 7.89. The summed E-state index contributed by atoms with van der Waals surface area (Å²) in [6.45, 7) is 0.845. The average molecular weight is 247 g/mol. The van der Waals surface area contributed by atoms with Crippen molar-refractivity contribution in [3.63, 3.8) is 0 Å². The van der Waals surface area contributed by atoms with Gasteiger partial charge < -0.3 is 5.11 Å². The standard InChI is InChI=1S/C11H21NO3S/c13-8-2-4-11-3-1-7-12(11)16(14,15)9-10-5-6-10/h10-11,13H,1-9H2. The minimum Gasteiger partial charge on any atom is -0.396 e. The summed E-state index contributed by atoms with van der Waals surface area (Å²) in [5, 5.41) is 8.80. The first-order valence-corrected chi connectivity index (χ1v) is 7.85. The molecule has 94 valence electrons. The molecule has 0 aromatic rings. The zero-order valence-corrected chi connectivity index (χ0v) is 10.5. The number of rotatable bonds is 6. The maximum atomic E-state index is 12.1. The first kappa shape index (κ1) is 12.3. The number of hydrogen-bond donors (Lipinski definition) is 1. The Bertz CT molecular complexity index is 324. The molecule has 1 atom stereocenters. The monoisotopic (exact) mass is 247 g/mol. The molecule has 1 aliphatic heterocycles. The average Bonchev–Trinajstić information content (AvgIpc) is 2.89. The van der Waals surface area contributed by atoms with Gasteiger partial charge in [-0.1, -0.05) is 0 Å². The van der Waals surface area contributed by atoms with E-state index < -0.39 is 10.0 Å². The van der Waals surface area contributed by atoms with Crippen LogP contribution in [-0.4, -0.2) is 42.8 Å². The van der Waals surface area contributed by atoms with Crippen LogP contribution in [0, 0.1) is 5.92 Å². The van der Waals surface area contributed by atoms with E-state index in [-0.39, 0.29) is 12.6 Å². The van der Waals surface area contributed by atoms with E-state index >= 15 is 0 Å². The lowest BCUT2D eigenvalue weighted by molar-refractivity contribution is 0.264. The lowest BCUT2D eigenvalue weighted by Crippen LogP contribution is -2.37. The number of nitrogens with zero attached hydrogens (tertiary/aromatic N) is 1. The summed E-state index contributed by atoms with van der Waals surface area (Å²) in [5.74, 6) is 0.770. The molecule has 1 aliphatic carbocycles. The fraction of sp³-hybridized carbons (Fsp3) is 1.00. The van der Waals surface area contributed by atoms with Gasteiger partial charge in [0.1, 0.15) is 0 Å². The van der Waals surface area contributed by atoms with Gasteiger partial charge >= 0.3 is 0 Å². The van der Waals surface area contributed by atoms with Gasteiger partial charge in [-0.2, -0.15) is 4.31 Å². The molecule has 2 aliphatic rings. The Kier molecular flexibility index (Phi) is 3.87. The summed E-state index contributed by atoms with van der Waals surface area (Å²) in [7, 11) is -3.02. The zero-order valence-electron chi connectivity index (χ0n) is 9.64. The van der Waals surface area contributed by atoms with Crippen molar-refractivity contribution >= 4 is 10.0 Å². The second-order valence-corrected chi connectivity index (χ2v) is 6.96. The van der Waals surface area contributed by atoms with Crippen molar-refractivity contribution in [2.45, 2.75) is 44.6 Å². The van der Waals surface area contributed by atoms with E-state index in [1.165, 1.54) is 0 Å². The van der Waals surface area contributed by atoms with Crippen LogP contribution >= 0.6 is 0 Å². The molecule has 2 rings (SSSR count). The van der Waals surface area contributed by atoms with E-state index in [0.717, 1.165) is 32.1 Å². The first-order valence-electron chi connectivity index (χ1n) is 6.24. The molecule has 0 radical (unpaired) electrons. The number of aliphatic hydroxyl groups is 1. The van der Waals surface area contributed by atoms with Crippen molar-refractivity contribution in [1.29, 1.82) is 0 Å². The topological polar surface area (TPSA) is 57.6 Å². The van der Waals surface area contributed by atoms with Gasteiger partial charge in [0, 0.05) is 19.2 Å². The summed E-state index contributed by atoms with van der Waals surface area (Å²) in [4.78, 5) is 0. The molecule has 0 aromatic heterocycles. The fourth-order valence-electron chi connectivity index (χ4n) is 2.47. The summed E-state index contributed by atoms with van der Waals surface area (Å²) in [6.07, 6.45) is 5.60. The second kappa shape index (κ2) is 5.02. The van der Waals surface area contributed by atoms with E-state index in [9.17, 15) is 8.42 Å². The molecule has 1 heterocycles. The molecular formula is C11H21NO3S. The van der Waals surface area contributed by atoms with E-state index in [0.29, 0.717) is 24.6 Å². The Morgan fingerprint density at radius 2 is 2.00 bits per heavy atom. The lowest BCUT2D eigenvalue weighted by Gasteiger charge is -2.23. The van der Waals surface area contributed by atoms with Crippen molar-refractivity contribution < 1.29 is 13.5 Å². The van der Waals surface area contributed by atoms with Gasteiger partial charge in [-0.05, 0) is 44.4 Å². The fourth-order valence-corrected chi connectivity index (χ4v) is 4.66. The van der Waals surface area contributed by atoms with Gasteiger partial charge in [-0.3, -0.25) is 0 Å². The van der Waals surface area contributed by atoms with Gasteiger partial charge in [-0.15, -0.1) is 0 Å². The van der Waals surface area contributed by atoms with Crippen LogP contribution in [0.15, 0.2) is 0 Å². The third-order valence-electron chi connectivity index (χ3n) is 3.52. The number of sulfonamides is 1. The summed E-state index contributed by atoms with van der Waals surface area (Å²) in [5.41, 5.74) is 0. The van der Waals surface area contributed by atoms with Crippen LogP contribution < -0.4 is 0 Å². The maximum Gasteiger partial charge on any atom is 0.214 e. The number of hydrogen-bond acceptors (Lipinski definition) is 3. The first-order chi connectivity index (χ1) is 7.63. The predicted octanol–water partition coefficient (Wildman–Crippen LogP) is 0.963. The highest BCUT2D eigenvalue weighted by Crippen LogP contribution is 2.33. The smallest absolute Gasteiger partial charge is 0.214 e. The van der Waals surface area contributed by atoms with Gasteiger partial charge in [0.2, 0.25) is 10.0 Å². The van der Waals surface area contributed by atoms with Gasteiger partial charge in [0.25, 0.3) is 0 Å². The highest BCUT2D eigenvalue weighted by atomic mass is 32.2. The van der Waals surface area contributed by atoms with E-state index in [2.05, 4.69) is 0 Å². The van der Waals surface area contributed by atoms with Gasteiger partial charge in [0.05, 0.1) is 5.75 Å². The molecule has 1 saturated carbocycles. The third kappa shape index (κ3) is 2.96. The predicted molar refractivity (Wildman–Crippen MR) is 62.6 cm³/mol. The Morgan fingerprint density at radius 1 is 1.25 bits per heavy atom. The van der Waals surface area contributed by atoms with Crippen molar-refractivity contribution in [2.24, 2.45) is 5.92 Å². The quantitative estimate of drug-likeness (QED) is 0.760. The van der Waals surface area contributed by atoms with Crippen LogP contribution in [0.1, 0.15) is 38.5 Å². The van der Waals surface area contributed by atoms with E-state index in [1.54, 1.807) is 4.31 Å². The Balaban J connectivity index is 1.94. The SMILES string of the molecule is O=S(=O)(CC1CC1)N1CCCC1CCCO. The molecule has 0 aromatic carbocycles. The Morgan fingerprint density at radius 3 is 2.62 bits per heavy atom. The van der Waals surface area contributed by atoms with E-state index in [1.807, 2.05) is 0 Å². The summed E-state index contributed by atoms with van der Waals surface area (Å²) >= 11 is 0. The van der Waals surface area contributed by atoms with Gasteiger partial charge in [0.15, 0.2) is 0 Å². The molecule has 1 unspecified atom stereocenters. The van der Waals surface area contributed by atoms with E-state index in [4.69, 9.17) is 5.11 Å². The van der Waals surface area contributed by atoms with Crippen molar-refractivity contribution in [2.75, 3.05) is 18.9 Å². The Hall–Kier alpha value is -0.130. The van der Waals surface area contributed by atoms with Crippen molar-refractivity contribution in [3.05, 3.63) is 0 Å². The van der Waals surface area contributed by atoms with Crippen LogP contribution in [0.5, 0.6) is 0 Å². The van der Waals surface area contributed by atoms with Crippen LogP contribution in [0.4, 0.5) is 0 Å². The minimum absolute atomic E-state index is 0.149. The van der Waals surface area contributed by atoms with Gasteiger partial charge in [-0.25, -0.2) is 8.42 Å². The lowest BCUT2D eigenvalue weighted by atomic mass is 10.1. The maximum absolute atomic E-state index is 12.1. The molecule has 1 saturated heterocycles. The minimum atomic E-state index is -3.02. The molecule has 4 nitrogen and oxygen atoms in total. The normalized spacial score (nSPS) is 27.4. The van der Waals surface area contributed by atoms with Crippen LogP contribution in [0.3, 0.4) is 0 Å². The summed E-state index contributed by atoms with van der Waals surface area (Å²) in [6, 6.07) is 0.149. The molecular weight excluding hydrogens is 226 g/mol. The third-order valence-corrected chi connectivity index (χ3v) is 5.61. The van der Waals surface area contributed by atoms with Crippen LogP contribution in [0.2, 0.25) is 0 Å². The second-order valence-electron chi connectivity index (χ2n) is 4.99. The summed E-state index contributed by atoms with van der Waals surface area (Å²) < 4.78 is 25.9. The highest BCUT2D eigenvalue weighted by Gasteiger charge is 2.37. The molecule has 1 N–H and O–H groups in total. The van der Waals surface area contributed by atoms with Crippen LogP contribution in [-0.2, 0) is 10.0 Å². The molecule has 0 spiro atoms. The van der Waals surface area contributed by atoms with Crippen LogP contribution in [0.25, 0.3) is 0 Å². The largest absolute Gasteiger partial charge is 0.396 e.